The van der Waals surface area contributed by atoms with Gasteiger partial charge in [-0.25, -0.2) is 4.99 Å². The number of nitrogens with zero attached hydrogens (tertiary/aromatic N) is 2. The molecule has 4 rings (SSSR count). The number of ether oxygens (including phenoxy) is 2. The summed E-state index contributed by atoms with van der Waals surface area (Å²) in [6.45, 7) is 7.53. The third kappa shape index (κ3) is 6.32. The van der Waals surface area contributed by atoms with Crippen molar-refractivity contribution in [3.8, 4) is 5.75 Å². The molecule has 170 valence electrons. The highest BCUT2D eigenvalue weighted by Crippen LogP contribution is 2.24. The number of hydrogen-bond acceptors (Lipinski definition) is 4. The van der Waals surface area contributed by atoms with Crippen LogP contribution in [0.25, 0.3) is 10.9 Å². The first-order valence-corrected chi connectivity index (χ1v) is 10.9. The van der Waals surface area contributed by atoms with Crippen LogP contribution in [-0.2, 0) is 17.8 Å². The molecule has 0 radical (unpaired) electrons. The molecule has 7 heteroatoms. The number of rotatable bonds is 7. The van der Waals surface area contributed by atoms with E-state index in [0.717, 1.165) is 53.3 Å². The first kappa shape index (κ1) is 24.3. The van der Waals surface area contributed by atoms with E-state index in [4.69, 9.17) is 14.5 Å². The van der Waals surface area contributed by atoms with Crippen LogP contribution >= 0.6 is 24.0 Å². The van der Waals surface area contributed by atoms with Gasteiger partial charge >= 0.3 is 0 Å². The van der Waals surface area contributed by atoms with Crippen molar-refractivity contribution >= 4 is 40.8 Å². The molecule has 1 atom stereocenters. The largest absolute Gasteiger partial charge is 0.488 e. The SMILES string of the molecule is CCNC(=NCc1ccc(C)cc1OC1CCOC1)NCc1cccc2cccnc12.I. The summed E-state index contributed by atoms with van der Waals surface area (Å²) in [6.07, 6.45) is 2.88. The van der Waals surface area contributed by atoms with Gasteiger partial charge in [-0.15, -0.1) is 24.0 Å². The van der Waals surface area contributed by atoms with E-state index in [2.05, 4.69) is 71.9 Å². The molecular weight excluding hydrogens is 515 g/mol. The van der Waals surface area contributed by atoms with Gasteiger partial charge < -0.3 is 20.1 Å². The Morgan fingerprint density at radius 3 is 2.84 bits per heavy atom. The molecule has 1 aliphatic heterocycles. The highest BCUT2D eigenvalue weighted by atomic mass is 127. The number of aliphatic imine (C=N–C) groups is 1. The second kappa shape index (κ2) is 12.0. The number of hydrogen-bond donors (Lipinski definition) is 2. The summed E-state index contributed by atoms with van der Waals surface area (Å²) in [4.78, 5) is 9.35. The van der Waals surface area contributed by atoms with E-state index in [1.54, 1.807) is 0 Å². The predicted octanol–water partition coefficient (Wildman–Crippen LogP) is 4.58. The van der Waals surface area contributed by atoms with Crippen LogP contribution in [0.15, 0.2) is 59.7 Å². The summed E-state index contributed by atoms with van der Waals surface area (Å²) < 4.78 is 11.7. The van der Waals surface area contributed by atoms with Gasteiger partial charge in [0.1, 0.15) is 11.9 Å². The van der Waals surface area contributed by atoms with E-state index < -0.39 is 0 Å². The van der Waals surface area contributed by atoms with Gasteiger partial charge in [0.2, 0.25) is 0 Å². The minimum absolute atomic E-state index is 0. The molecule has 3 aromatic rings. The zero-order valence-corrected chi connectivity index (χ0v) is 21.0. The number of aromatic nitrogens is 1. The molecule has 1 fully saturated rings. The molecule has 2 heterocycles. The third-order valence-electron chi connectivity index (χ3n) is 5.32. The van der Waals surface area contributed by atoms with E-state index in [1.165, 1.54) is 5.56 Å². The fourth-order valence-electron chi connectivity index (χ4n) is 3.68. The summed E-state index contributed by atoms with van der Waals surface area (Å²) in [5.74, 6) is 1.67. The van der Waals surface area contributed by atoms with Gasteiger partial charge in [-0.3, -0.25) is 4.98 Å². The number of nitrogens with one attached hydrogen (secondary N) is 2. The number of para-hydroxylation sites is 1. The third-order valence-corrected chi connectivity index (χ3v) is 5.32. The summed E-state index contributed by atoms with van der Waals surface area (Å²) in [5.41, 5.74) is 4.40. The van der Waals surface area contributed by atoms with E-state index >= 15 is 0 Å². The molecule has 1 aromatic heterocycles. The fourth-order valence-corrected chi connectivity index (χ4v) is 3.68. The van der Waals surface area contributed by atoms with Crippen LogP contribution in [0.3, 0.4) is 0 Å². The van der Waals surface area contributed by atoms with Gasteiger partial charge in [0.25, 0.3) is 0 Å². The minimum atomic E-state index is 0. The average Bonchev–Trinajstić information content (AvgIpc) is 3.30. The second-order valence-electron chi connectivity index (χ2n) is 7.76. The molecule has 0 amide bonds. The number of halogens is 1. The predicted molar refractivity (Wildman–Crippen MR) is 140 cm³/mol. The lowest BCUT2D eigenvalue weighted by atomic mass is 10.1. The zero-order valence-electron chi connectivity index (χ0n) is 18.6. The van der Waals surface area contributed by atoms with E-state index in [-0.39, 0.29) is 30.1 Å². The van der Waals surface area contributed by atoms with Crippen LogP contribution in [0.1, 0.15) is 30.0 Å². The molecule has 0 bridgehead atoms. The minimum Gasteiger partial charge on any atom is -0.488 e. The Hall–Kier alpha value is -2.39. The van der Waals surface area contributed by atoms with Crippen LogP contribution in [0.2, 0.25) is 0 Å². The second-order valence-corrected chi connectivity index (χ2v) is 7.76. The smallest absolute Gasteiger partial charge is 0.191 e. The number of aryl methyl sites for hydroxylation is 1. The quantitative estimate of drug-likeness (QED) is 0.258. The normalized spacial score (nSPS) is 15.9. The zero-order chi connectivity index (χ0) is 21.5. The molecule has 0 aliphatic carbocycles. The lowest BCUT2D eigenvalue weighted by molar-refractivity contribution is 0.140. The Kier molecular flexibility index (Phi) is 9.11. The molecule has 0 saturated carbocycles. The lowest BCUT2D eigenvalue weighted by Gasteiger charge is -2.16. The first-order chi connectivity index (χ1) is 15.2. The molecule has 2 aromatic carbocycles. The van der Waals surface area contributed by atoms with Gasteiger partial charge in [-0.1, -0.05) is 36.4 Å². The Labute approximate surface area is 206 Å². The van der Waals surface area contributed by atoms with Crippen molar-refractivity contribution in [2.24, 2.45) is 4.99 Å². The molecule has 6 nitrogen and oxygen atoms in total. The van der Waals surface area contributed by atoms with Gasteiger partial charge in [0.15, 0.2) is 5.96 Å². The molecule has 32 heavy (non-hydrogen) atoms. The van der Waals surface area contributed by atoms with Crippen molar-refractivity contribution < 1.29 is 9.47 Å². The Bertz CT molecular complexity index is 1050. The fraction of sp³-hybridized carbons (Fsp3) is 0.360. The number of fused-ring (bicyclic) bond motifs is 1. The van der Waals surface area contributed by atoms with Crippen LogP contribution in [0.4, 0.5) is 0 Å². The van der Waals surface area contributed by atoms with E-state index in [1.807, 2.05) is 12.3 Å². The van der Waals surface area contributed by atoms with Crippen molar-refractivity contribution in [3.05, 3.63) is 71.4 Å². The maximum Gasteiger partial charge on any atom is 0.191 e. The molecule has 2 N–H and O–H groups in total. The van der Waals surface area contributed by atoms with Gasteiger partial charge in [0.05, 0.1) is 25.3 Å². The standard InChI is InChI=1S/C25H30N4O2.HI/c1-3-26-25(29-16-21-7-4-6-19-8-5-12-27-24(19)21)28-15-20-10-9-18(2)14-23(20)31-22-11-13-30-17-22;/h4-10,12,14,22H,3,11,13,15-17H2,1-2H3,(H2,26,28,29);1H. The monoisotopic (exact) mass is 546 g/mol. The van der Waals surface area contributed by atoms with E-state index in [9.17, 15) is 0 Å². The van der Waals surface area contributed by atoms with Crippen LogP contribution < -0.4 is 15.4 Å². The highest BCUT2D eigenvalue weighted by Gasteiger charge is 2.18. The van der Waals surface area contributed by atoms with Crippen LogP contribution in [0, 0.1) is 6.92 Å². The van der Waals surface area contributed by atoms with Gasteiger partial charge in [0, 0.05) is 36.7 Å². The molecular formula is C25H31IN4O2. The Balaban J connectivity index is 0.00000289. The molecule has 1 saturated heterocycles. The van der Waals surface area contributed by atoms with Crippen molar-refractivity contribution in [1.29, 1.82) is 0 Å². The highest BCUT2D eigenvalue weighted by molar-refractivity contribution is 14.0. The van der Waals surface area contributed by atoms with Crippen molar-refractivity contribution in [2.75, 3.05) is 19.8 Å². The summed E-state index contributed by atoms with van der Waals surface area (Å²) in [7, 11) is 0. The van der Waals surface area contributed by atoms with Crippen molar-refractivity contribution in [3.63, 3.8) is 0 Å². The number of benzene rings is 2. The Morgan fingerprint density at radius 1 is 1.16 bits per heavy atom. The average molecular weight is 546 g/mol. The molecule has 1 unspecified atom stereocenters. The first-order valence-electron chi connectivity index (χ1n) is 10.9. The topological polar surface area (TPSA) is 67.8 Å². The van der Waals surface area contributed by atoms with Gasteiger partial charge in [-0.2, -0.15) is 0 Å². The van der Waals surface area contributed by atoms with Crippen LogP contribution in [0.5, 0.6) is 5.75 Å². The van der Waals surface area contributed by atoms with Crippen molar-refractivity contribution in [1.82, 2.24) is 15.6 Å². The maximum atomic E-state index is 6.21. The van der Waals surface area contributed by atoms with Crippen LogP contribution in [-0.4, -0.2) is 36.8 Å². The summed E-state index contributed by atoms with van der Waals surface area (Å²) in [6, 6.07) is 16.6. The van der Waals surface area contributed by atoms with Gasteiger partial charge in [-0.05, 0) is 37.1 Å². The number of guanidine groups is 1. The lowest BCUT2D eigenvalue weighted by Crippen LogP contribution is -2.36. The Morgan fingerprint density at radius 2 is 2.03 bits per heavy atom. The van der Waals surface area contributed by atoms with Crippen molar-refractivity contribution in [2.45, 2.75) is 39.5 Å². The molecule has 0 spiro atoms. The molecule has 1 aliphatic rings. The van der Waals surface area contributed by atoms with E-state index in [0.29, 0.717) is 19.7 Å². The number of pyridine rings is 1. The maximum absolute atomic E-state index is 6.21. The summed E-state index contributed by atoms with van der Waals surface area (Å²) in [5, 5.41) is 7.91. The summed E-state index contributed by atoms with van der Waals surface area (Å²) >= 11 is 0.